The number of carboxylic acid groups (broad SMARTS) is 1. The number of aliphatic carboxylic acids is 1. The van der Waals surface area contributed by atoms with Gasteiger partial charge in [-0.05, 0) is 80.1 Å². The number of allylic oxidation sites excluding steroid dienone is 4. The molecule has 0 fully saturated rings. The number of benzene rings is 2. The fourth-order valence-electron chi connectivity index (χ4n) is 5.47. The molecule has 0 saturated heterocycles. The Morgan fingerprint density at radius 3 is 1.60 bits per heavy atom. The largest absolute Gasteiger partial charge is 0.481 e. The van der Waals surface area contributed by atoms with E-state index >= 15 is 0 Å². The van der Waals surface area contributed by atoms with Crippen molar-refractivity contribution in [3.63, 3.8) is 0 Å². The lowest BCUT2D eigenvalue weighted by Crippen LogP contribution is -2.67. The molecular formula is C36H54O3Si. The van der Waals surface area contributed by atoms with Crippen molar-refractivity contribution in [2.75, 3.05) is 0 Å². The van der Waals surface area contributed by atoms with Crippen molar-refractivity contribution in [2.24, 2.45) is 0 Å². The molecular weight excluding hydrogens is 508 g/mol. The summed E-state index contributed by atoms with van der Waals surface area (Å²) < 4.78 is 7.20. The maximum absolute atomic E-state index is 10.5. The van der Waals surface area contributed by atoms with Gasteiger partial charge in [0, 0.05) is 12.5 Å². The highest BCUT2D eigenvalue weighted by atomic mass is 28.4. The Kier molecular flexibility index (Phi) is 15.9. The Bertz CT molecular complexity index is 952. The van der Waals surface area contributed by atoms with Crippen LogP contribution in [0.5, 0.6) is 0 Å². The first kappa shape index (κ1) is 33.8. The summed E-state index contributed by atoms with van der Waals surface area (Å²) in [5, 5.41) is 11.4. The van der Waals surface area contributed by atoms with Gasteiger partial charge in [0.25, 0.3) is 8.32 Å². The van der Waals surface area contributed by atoms with Crippen LogP contribution in [0.1, 0.15) is 111 Å². The molecule has 0 unspecified atom stereocenters. The van der Waals surface area contributed by atoms with Gasteiger partial charge in [0.05, 0.1) is 0 Å². The molecule has 2 rings (SSSR count). The molecule has 4 heteroatoms. The van der Waals surface area contributed by atoms with Crippen molar-refractivity contribution >= 4 is 24.7 Å². The molecule has 0 spiro atoms. The molecule has 0 aromatic heterocycles. The van der Waals surface area contributed by atoms with E-state index in [2.05, 4.69) is 113 Å². The van der Waals surface area contributed by atoms with Crippen LogP contribution in [0.25, 0.3) is 0 Å². The Morgan fingerprint density at radius 2 is 1.15 bits per heavy atom. The standard InChI is InChI=1S/C36H54O3Si/c1-32(26-20-16-14-12-10-8-6-5-7-9-11-13-15-17-25-31-35(37)38)39-40(36(2,3)4,33-27-21-18-22-28-33)34-29-23-19-24-30-34/h12-15,18-19,21-24,27-30,32H,5-11,16-17,20,25-26,31H2,1-4H3,(H,37,38)/b14-12-,15-13-/t32-/m1/s1. The predicted molar refractivity (Wildman–Crippen MR) is 174 cm³/mol. The van der Waals surface area contributed by atoms with Crippen LogP contribution in [0.2, 0.25) is 5.04 Å². The van der Waals surface area contributed by atoms with Crippen LogP contribution in [0.4, 0.5) is 0 Å². The van der Waals surface area contributed by atoms with E-state index in [1.54, 1.807) is 0 Å². The molecule has 0 aliphatic carbocycles. The van der Waals surface area contributed by atoms with E-state index in [1.807, 2.05) is 0 Å². The van der Waals surface area contributed by atoms with Crippen LogP contribution in [0.3, 0.4) is 0 Å². The minimum Gasteiger partial charge on any atom is -0.481 e. The number of carboxylic acids is 1. The van der Waals surface area contributed by atoms with Crippen molar-refractivity contribution in [3.05, 3.63) is 85.0 Å². The smallest absolute Gasteiger partial charge is 0.303 e. The fourth-order valence-corrected chi connectivity index (χ4v) is 10.2. The van der Waals surface area contributed by atoms with Gasteiger partial charge in [-0.2, -0.15) is 0 Å². The van der Waals surface area contributed by atoms with Crippen LogP contribution >= 0.6 is 0 Å². The maximum Gasteiger partial charge on any atom is 0.303 e. The number of carbonyl (C=O) groups is 1. The lowest BCUT2D eigenvalue weighted by Gasteiger charge is -2.44. The average Bonchev–Trinajstić information content (AvgIpc) is 2.93. The zero-order valence-electron chi connectivity index (χ0n) is 25.6. The molecule has 0 heterocycles. The third-order valence-electron chi connectivity index (χ3n) is 7.61. The zero-order valence-corrected chi connectivity index (χ0v) is 26.6. The van der Waals surface area contributed by atoms with Gasteiger partial charge in [-0.25, -0.2) is 0 Å². The molecule has 40 heavy (non-hydrogen) atoms. The van der Waals surface area contributed by atoms with E-state index < -0.39 is 14.3 Å². The summed E-state index contributed by atoms with van der Waals surface area (Å²) in [7, 11) is -2.47. The van der Waals surface area contributed by atoms with E-state index in [4.69, 9.17) is 9.53 Å². The Labute approximate surface area is 245 Å². The lowest BCUT2D eigenvalue weighted by atomic mass is 10.1. The average molecular weight is 563 g/mol. The molecule has 0 amide bonds. The molecule has 0 radical (unpaired) electrons. The van der Waals surface area contributed by atoms with Gasteiger partial charge in [-0.1, -0.05) is 125 Å². The first-order valence-electron chi connectivity index (χ1n) is 15.6. The summed E-state index contributed by atoms with van der Waals surface area (Å²) in [6, 6.07) is 21.9. The molecule has 1 N–H and O–H groups in total. The van der Waals surface area contributed by atoms with E-state index in [0.717, 1.165) is 38.5 Å². The number of rotatable bonds is 20. The monoisotopic (exact) mass is 562 g/mol. The van der Waals surface area contributed by atoms with Gasteiger partial charge in [0.1, 0.15) is 0 Å². The number of hydrogen-bond acceptors (Lipinski definition) is 2. The van der Waals surface area contributed by atoms with Crippen molar-refractivity contribution in [1.82, 2.24) is 0 Å². The second kappa shape index (κ2) is 18.8. The van der Waals surface area contributed by atoms with Crippen molar-refractivity contribution in [1.29, 1.82) is 0 Å². The SMILES string of the molecule is C[C@H](CCC/C=C\CCCCCCC/C=C\CCCC(=O)O)O[Si](c1ccccc1)(c1ccccc1)C(C)(C)C. The van der Waals surface area contributed by atoms with Crippen LogP contribution in [0.15, 0.2) is 85.0 Å². The minimum atomic E-state index is -2.47. The molecule has 1 atom stereocenters. The summed E-state index contributed by atoms with van der Waals surface area (Å²) in [6.45, 7) is 9.30. The highest BCUT2D eigenvalue weighted by molar-refractivity contribution is 6.99. The molecule has 2 aromatic carbocycles. The quantitative estimate of drug-likeness (QED) is 0.0994. The molecule has 220 valence electrons. The van der Waals surface area contributed by atoms with Crippen LogP contribution in [-0.4, -0.2) is 25.5 Å². The Balaban J connectivity index is 1.68. The predicted octanol–water partition coefficient (Wildman–Crippen LogP) is 9.22. The van der Waals surface area contributed by atoms with Crippen molar-refractivity contribution in [2.45, 2.75) is 122 Å². The second-order valence-corrected chi connectivity index (χ2v) is 16.3. The topological polar surface area (TPSA) is 46.5 Å². The van der Waals surface area contributed by atoms with E-state index in [1.165, 1.54) is 48.9 Å². The first-order valence-corrected chi connectivity index (χ1v) is 17.5. The van der Waals surface area contributed by atoms with Gasteiger partial charge in [-0.15, -0.1) is 0 Å². The Morgan fingerprint density at radius 1 is 0.725 bits per heavy atom. The van der Waals surface area contributed by atoms with Gasteiger partial charge in [0.2, 0.25) is 0 Å². The molecule has 0 bridgehead atoms. The van der Waals surface area contributed by atoms with Crippen molar-refractivity contribution < 1.29 is 14.3 Å². The van der Waals surface area contributed by atoms with Gasteiger partial charge in [-0.3, -0.25) is 4.79 Å². The fraction of sp³-hybridized carbons (Fsp3) is 0.528. The highest BCUT2D eigenvalue weighted by Crippen LogP contribution is 2.37. The third-order valence-corrected chi connectivity index (χ3v) is 12.8. The van der Waals surface area contributed by atoms with Gasteiger partial charge in [0.15, 0.2) is 0 Å². The highest BCUT2D eigenvalue weighted by Gasteiger charge is 2.50. The Hall–Kier alpha value is -2.43. The molecule has 0 aliphatic heterocycles. The van der Waals surface area contributed by atoms with E-state index in [0.29, 0.717) is 0 Å². The number of hydrogen-bond donors (Lipinski definition) is 1. The van der Waals surface area contributed by atoms with E-state index in [9.17, 15) is 4.79 Å². The normalized spacial score (nSPS) is 13.3. The van der Waals surface area contributed by atoms with Crippen molar-refractivity contribution in [3.8, 4) is 0 Å². The number of unbranched alkanes of at least 4 members (excludes halogenated alkanes) is 8. The third kappa shape index (κ3) is 12.0. The summed E-state index contributed by atoms with van der Waals surface area (Å²) >= 11 is 0. The van der Waals surface area contributed by atoms with Crippen LogP contribution in [0, 0.1) is 0 Å². The van der Waals surface area contributed by atoms with Gasteiger partial charge < -0.3 is 9.53 Å². The van der Waals surface area contributed by atoms with Crippen LogP contribution < -0.4 is 10.4 Å². The summed E-state index contributed by atoms with van der Waals surface area (Å²) in [6.07, 6.45) is 23.2. The molecule has 0 aliphatic rings. The summed E-state index contributed by atoms with van der Waals surface area (Å²) in [5.41, 5.74) is 0. The van der Waals surface area contributed by atoms with Crippen LogP contribution in [-0.2, 0) is 9.22 Å². The second-order valence-electron chi connectivity index (χ2n) is 12.1. The maximum atomic E-state index is 10.5. The first-order chi connectivity index (χ1) is 19.3. The minimum absolute atomic E-state index is 0.0177. The lowest BCUT2D eigenvalue weighted by molar-refractivity contribution is -0.137. The summed E-state index contributed by atoms with van der Waals surface area (Å²) in [5.74, 6) is -0.699. The van der Waals surface area contributed by atoms with E-state index in [-0.39, 0.29) is 17.6 Å². The molecule has 2 aromatic rings. The zero-order chi connectivity index (χ0) is 29.1. The molecule has 3 nitrogen and oxygen atoms in total. The van der Waals surface area contributed by atoms with Gasteiger partial charge >= 0.3 is 5.97 Å². The molecule has 0 saturated carbocycles. The summed E-state index contributed by atoms with van der Waals surface area (Å²) in [4.78, 5) is 10.5.